The Labute approximate surface area is 124 Å². The largest absolute Gasteiger partial charge is 0.385 e. The number of ether oxygens (including phenoxy) is 1. The van der Waals surface area contributed by atoms with E-state index in [2.05, 4.69) is 15.3 Å². The standard InChI is InChI=1S/C15H18ClN3O/c1-11-9-17-15(18-10-11)19-14(7-8-20-2)12-3-5-13(16)6-4-12/h3-6,9-10,14H,7-8H2,1-2H3,(H,17,18,19). The molecule has 0 saturated heterocycles. The van der Waals surface area contributed by atoms with Crippen molar-refractivity contribution in [2.24, 2.45) is 0 Å². The maximum atomic E-state index is 5.93. The van der Waals surface area contributed by atoms with Crippen molar-refractivity contribution in [2.75, 3.05) is 19.0 Å². The van der Waals surface area contributed by atoms with Gasteiger partial charge in [-0.2, -0.15) is 0 Å². The van der Waals surface area contributed by atoms with Gasteiger partial charge < -0.3 is 10.1 Å². The molecule has 20 heavy (non-hydrogen) atoms. The molecule has 106 valence electrons. The first-order chi connectivity index (χ1) is 9.69. The molecule has 1 atom stereocenters. The zero-order valence-corrected chi connectivity index (χ0v) is 12.4. The van der Waals surface area contributed by atoms with E-state index >= 15 is 0 Å². The summed E-state index contributed by atoms with van der Waals surface area (Å²) < 4.78 is 5.17. The molecule has 5 heteroatoms. The Morgan fingerprint density at radius 2 is 1.85 bits per heavy atom. The number of anilines is 1. The molecule has 0 amide bonds. The number of rotatable bonds is 6. The number of aromatic nitrogens is 2. The van der Waals surface area contributed by atoms with Crippen LogP contribution in [0.1, 0.15) is 23.6 Å². The minimum Gasteiger partial charge on any atom is -0.385 e. The molecule has 2 aromatic rings. The fourth-order valence-electron chi connectivity index (χ4n) is 1.88. The van der Waals surface area contributed by atoms with E-state index in [-0.39, 0.29) is 6.04 Å². The van der Waals surface area contributed by atoms with Gasteiger partial charge in [0.1, 0.15) is 0 Å². The molecule has 0 aliphatic heterocycles. The molecule has 0 aliphatic rings. The summed E-state index contributed by atoms with van der Waals surface area (Å²) in [6.45, 7) is 2.62. The lowest BCUT2D eigenvalue weighted by Crippen LogP contribution is -2.15. The molecule has 0 fully saturated rings. The molecule has 0 spiro atoms. The first-order valence-electron chi connectivity index (χ1n) is 6.48. The smallest absolute Gasteiger partial charge is 0.223 e. The number of hydrogen-bond acceptors (Lipinski definition) is 4. The predicted octanol–water partition coefficient (Wildman–Crippen LogP) is 3.63. The minimum atomic E-state index is 0.0925. The summed E-state index contributed by atoms with van der Waals surface area (Å²) in [4.78, 5) is 8.56. The average Bonchev–Trinajstić information content (AvgIpc) is 2.46. The summed E-state index contributed by atoms with van der Waals surface area (Å²) in [7, 11) is 1.70. The molecular formula is C15H18ClN3O. The first-order valence-corrected chi connectivity index (χ1v) is 6.86. The third-order valence-electron chi connectivity index (χ3n) is 2.97. The summed E-state index contributed by atoms with van der Waals surface area (Å²) in [6.07, 6.45) is 4.42. The van der Waals surface area contributed by atoms with Gasteiger partial charge in [0.25, 0.3) is 0 Å². The van der Waals surface area contributed by atoms with Gasteiger partial charge in [-0.05, 0) is 36.6 Å². The van der Waals surface area contributed by atoms with E-state index in [0.717, 1.165) is 22.6 Å². The molecule has 0 radical (unpaired) electrons. The van der Waals surface area contributed by atoms with Crippen LogP contribution in [0, 0.1) is 6.92 Å². The molecule has 1 N–H and O–H groups in total. The van der Waals surface area contributed by atoms with Crippen LogP contribution in [0.3, 0.4) is 0 Å². The van der Waals surface area contributed by atoms with E-state index in [1.165, 1.54) is 0 Å². The molecule has 0 saturated carbocycles. The summed E-state index contributed by atoms with van der Waals surface area (Å²) in [5.41, 5.74) is 2.17. The first kappa shape index (κ1) is 14.8. The van der Waals surface area contributed by atoms with E-state index in [1.54, 1.807) is 19.5 Å². The second-order valence-electron chi connectivity index (χ2n) is 4.61. The molecule has 0 aliphatic carbocycles. The average molecular weight is 292 g/mol. The molecule has 2 rings (SSSR count). The van der Waals surface area contributed by atoms with Gasteiger partial charge in [0, 0.05) is 31.1 Å². The van der Waals surface area contributed by atoms with Crippen molar-refractivity contribution >= 4 is 17.5 Å². The zero-order valence-electron chi connectivity index (χ0n) is 11.6. The molecule has 1 heterocycles. The van der Waals surface area contributed by atoms with Crippen molar-refractivity contribution < 1.29 is 4.74 Å². The lowest BCUT2D eigenvalue weighted by atomic mass is 10.0. The third kappa shape index (κ3) is 4.18. The highest BCUT2D eigenvalue weighted by molar-refractivity contribution is 6.30. The summed E-state index contributed by atoms with van der Waals surface area (Å²) in [5.74, 6) is 0.617. The lowest BCUT2D eigenvalue weighted by Gasteiger charge is -2.19. The van der Waals surface area contributed by atoms with E-state index in [1.807, 2.05) is 31.2 Å². The van der Waals surface area contributed by atoms with E-state index in [9.17, 15) is 0 Å². The summed E-state index contributed by atoms with van der Waals surface area (Å²) >= 11 is 5.93. The van der Waals surface area contributed by atoms with Crippen molar-refractivity contribution in [1.29, 1.82) is 0 Å². The van der Waals surface area contributed by atoms with Gasteiger partial charge in [-0.25, -0.2) is 9.97 Å². The minimum absolute atomic E-state index is 0.0925. The summed E-state index contributed by atoms with van der Waals surface area (Å²) in [6, 6.07) is 7.87. The van der Waals surface area contributed by atoms with Crippen LogP contribution >= 0.6 is 11.6 Å². The Bertz CT molecular complexity index is 528. The Morgan fingerprint density at radius 3 is 2.45 bits per heavy atom. The second kappa shape index (κ2) is 7.22. The van der Waals surface area contributed by atoms with Crippen LogP contribution in [0.25, 0.3) is 0 Å². The maximum Gasteiger partial charge on any atom is 0.223 e. The molecule has 1 unspecified atom stereocenters. The Hall–Kier alpha value is -1.65. The van der Waals surface area contributed by atoms with Crippen LogP contribution in [0.5, 0.6) is 0 Å². The van der Waals surface area contributed by atoms with Crippen molar-refractivity contribution in [3.63, 3.8) is 0 Å². The van der Waals surface area contributed by atoms with Crippen molar-refractivity contribution in [3.05, 3.63) is 52.8 Å². The summed E-state index contributed by atoms with van der Waals surface area (Å²) in [5, 5.41) is 4.06. The van der Waals surface area contributed by atoms with Gasteiger partial charge >= 0.3 is 0 Å². The van der Waals surface area contributed by atoms with Gasteiger partial charge in [-0.1, -0.05) is 23.7 Å². The van der Waals surface area contributed by atoms with Crippen LogP contribution in [0.2, 0.25) is 5.02 Å². The SMILES string of the molecule is COCCC(Nc1ncc(C)cn1)c1ccc(Cl)cc1. The van der Waals surface area contributed by atoms with Crippen LogP contribution < -0.4 is 5.32 Å². The number of aryl methyl sites for hydroxylation is 1. The number of nitrogens with one attached hydrogen (secondary N) is 1. The van der Waals surface area contributed by atoms with Gasteiger partial charge in [-0.3, -0.25) is 0 Å². The fourth-order valence-corrected chi connectivity index (χ4v) is 2.00. The lowest BCUT2D eigenvalue weighted by molar-refractivity contribution is 0.190. The zero-order chi connectivity index (χ0) is 14.4. The van der Waals surface area contributed by atoms with Crippen molar-refractivity contribution in [3.8, 4) is 0 Å². The second-order valence-corrected chi connectivity index (χ2v) is 5.05. The molecular weight excluding hydrogens is 274 g/mol. The molecule has 0 bridgehead atoms. The maximum absolute atomic E-state index is 5.93. The number of hydrogen-bond donors (Lipinski definition) is 1. The van der Waals surface area contributed by atoms with E-state index in [0.29, 0.717) is 12.6 Å². The highest BCUT2D eigenvalue weighted by Crippen LogP contribution is 2.22. The van der Waals surface area contributed by atoms with Crippen molar-refractivity contribution in [1.82, 2.24) is 9.97 Å². The third-order valence-corrected chi connectivity index (χ3v) is 3.22. The van der Waals surface area contributed by atoms with Gasteiger partial charge in [0.2, 0.25) is 5.95 Å². The van der Waals surface area contributed by atoms with Gasteiger partial charge in [0.15, 0.2) is 0 Å². The van der Waals surface area contributed by atoms with Crippen LogP contribution in [-0.2, 0) is 4.74 Å². The number of nitrogens with zero attached hydrogens (tertiary/aromatic N) is 2. The Morgan fingerprint density at radius 1 is 1.20 bits per heavy atom. The van der Waals surface area contributed by atoms with Crippen LogP contribution in [0.4, 0.5) is 5.95 Å². The Kier molecular flexibility index (Phi) is 5.32. The predicted molar refractivity (Wildman–Crippen MR) is 81.1 cm³/mol. The van der Waals surface area contributed by atoms with E-state index in [4.69, 9.17) is 16.3 Å². The van der Waals surface area contributed by atoms with Crippen LogP contribution in [-0.4, -0.2) is 23.7 Å². The highest BCUT2D eigenvalue weighted by atomic mass is 35.5. The van der Waals surface area contributed by atoms with Crippen LogP contribution in [0.15, 0.2) is 36.7 Å². The number of methoxy groups -OCH3 is 1. The van der Waals surface area contributed by atoms with E-state index < -0.39 is 0 Å². The normalized spacial score (nSPS) is 12.2. The quantitative estimate of drug-likeness (QED) is 0.883. The topological polar surface area (TPSA) is 47.0 Å². The monoisotopic (exact) mass is 291 g/mol. The molecule has 4 nitrogen and oxygen atoms in total. The highest BCUT2D eigenvalue weighted by Gasteiger charge is 2.12. The van der Waals surface area contributed by atoms with Gasteiger partial charge in [0.05, 0.1) is 6.04 Å². The molecule has 1 aromatic heterocycles. The number of benzene rings is 1. The number of halogens is 1. The van der Waals surface area contributed by atoms with Crippen molar-refractivity contribution in [2.45, 2.75) is 19.4 Å². The molecule has 1 aromatic carbocycles. The van der Waals surface area contributed by atoms with Gasteiger partial charge in [-0.15, -0.1) is 0 Å². The fraction of sp³-hybridized carbons (Fsp3) is 0.333. The Balaban J connectivity index is 2.14.